The van der Waals surface area contributed by atoms with E-state index in [1.54, 1.807) is 19.1 Å². The average molecular weight is 478 g/mol. The lowest BCUT2D eigenvalue weighted by Crippen LogP contribution is -2.40. The Kier molecular flexibility index (Phi) is 5.23. The molecule has 0 radical (unpaired) electrons. The van der Waals surface area contributed by atoms with Crippen LogP contribution in [-0.4, -0.2) is 53.9 Å². The number of halogens is 4. The Morgan fingerprint density at radius 2 is 1.97 bits per heavy atom. The van der Waals surface area contributed by atoms with E-state index in [2.05, 4.69) is 25.5 Å². The van der Waals surface area contributed by atoms with E-state index in [1.807, 2.05) is 4.90 Å². The van der Waals surface area contributed by atoms with Crippen molar-refractivity contribution < 1.29 is 18.0 Å². The van der Waals surface area contributed by atoms with Gasteiger partial charge in [-0.3, -0.25) is 4.79 Å². The van der Waals surface area contributed by atoms with Gasteiger partial charge in [-0.25, -0.2) is 9.97 Å². The molecule has 12 heteroatoms. The molecule has 3 aromatic rings. The highest BCUT2D eigenvalue weighted by Crippen LogP contribution is 2.41. The number of nitrogens with one attached hydrogen (secondary N) is 1. The number of hydrogen-bond donors (Lipinski definition) is 1. The van der Waals surface area contributed by atoms with Gasteiger partial charge in [0.15, 0.2) is 5.69 Å². The minimum absolute atomic E-state index is 0.0195. The molecule has 0 spiro atoms. The number of carbonyl (C=O) groups excluding carboxylic acids is 1. The van der Waals surface area contributed by atoms with Crippen molar-refractivity contribution >= 4 is 23.3 Å². The predicted molar refractivity (Wildman–Crippen MR) is 113 cm³/mol. The molecule has 33 heavy (non-hydrogen) atoms. The number of carbonyl (C=O) groups is 1. The van der Waals surface area contributed by atoms with Crippen LogP contribution in [0.4, 0.5) is 19.0 Å². The summed E-state index contributed by atoms with van der Waals surface area (Å²) in [6, 6.07) is 4.03. The van der Waals surface area contributed by atoms with Gasteiger partial charge in [0, 0.05) is 24.0 Å². The Bertz CT molecular complexity index is 1200. The quantitative estimate of drug-likeness (QED) is 0.613. The van der Waals surface area contributed by atoms with Crippen LogP contribution < -0.4 is 5.32 Å². The molecule has 172 valence electrons. The summed E-state index contributed by atoms with van der Waals surface area (Å²) in [6.45, 7) is 1.80. The summed E-state index contributed by atoms with van der Waals surface area (Å²) in [5.74, 6) is -0.0565. The molecule has 0 aromatic carbocycles. The lowest BCUT2D eigenvalue weighted by molar-refractivity contribution is -0.137. The van der Waals surface area contributed by atoms with Crippen molar-refractivity contribution in [3.8, 4) is 5.69 Å². The molecular weight excluding hydrogens is 459 g/mol. The molecule has 2 saturated heterocycles. The topological polar surface area (TPSA) is 88.8 Å². The number of pyridine rings is 2. The minimum atomic E-state index is -4.52. The molecule has 2 bridgehead atoms. The van der Waals surface area contributed by atoms with E-state index >= 15 is 0 Å². The highest BCUT2D eigenvalue weighted by atomic mass is 35.5. The van der Waals surface area contributed by atoms with Crippen LogP contribution in [0.5, 0.6) is 0 Å². The van der Waals surface area contributed by atoms with Crippen molar-refractivity contribution in [1.29, 1.82) is 0 Å². The number of fused-ring (bicyclic) bond motifs is 2. The zero-order valence-corrected chi connectivity index (χ0v) is 18.2. The van der Waals surface area contributed by atoms with E-state index in [0.29, 0.717) is 17.8 Å². The first-order valence-electron chi connectivity index (χ1n) is 10.4. The van der Waals surface area contributed by atoms with Gasteiger partial charge < -0.3 is 10.2 Å². The Morgan fingerprint density at radius 3 is 2.67 bits per heavy atom. The summed E-state index contributed by atoms with van der Waals surface area (Å²) in [6.07, 6.45) is 1.51. The van der Waals surface area contributed by atoms with Crippen LogP contribution in [0.15, 0.2) is 36.8 Å². The Morgan fingerprint density at radius 1 is 1.21 bits per heavy atom. The average Bonchev–Trinajstić information content (AvgIpc) is 3.50. The summed E-state index contributed by atoms with van der Waals surface area (Å²) >= 11 is 6.07. The highest BCUT2D eigenvalue weighted by molar-refractivity contribution is 6.33. The standard InChI is InChI=1S/C21H19ClF3N7O/c1-11-2-4-17(32-27-6-7-28-32)18(29-11)20(33)31-13-3-5-16(31)15(9-13)30-19-14(22)8-12(10-26-19)21(23,24)25/h2,4,6-8,10,13,15-16H,3,5,9H2,1H3,(H,26,30)/t13-,15-,16+/m1/s1. The summed E-state index contributed by atoms with van der Waals surface area (Å²) in [7, 11) is 0. The second-order valence-electron chi connectivity index (χ2n) is 8.19. The number of aryl methyl sites for hydroxylation is 1. The van der Waals surface area contributed by atoms with E-state index in [4.69, 9.17) is 11.6 Å². The fraction of sp³-hybridized carbons (Fsp3) is 0.381. The molecule has 5 rings (SSSR count). The Balaban J connectivity index is 1.40. The van der Waals surface area contributed by atoms with E-state index in [-0.39, 0.29) is 40.6 Å². The lowest BCUT2D eigenvalue weighted by atomic mass is 9.95. The van der Waals surface area contributed by atoms with Gasteiger partial charge in [-0.2, -0.15) is 23.4 Å². The van der Waals surface area contributed by atoms with Crippen LogP contribution in [0.25, 0.3) is 5.69 Å². The zero-order valence-electron chi connectivity index (χ0n) is 17.4. The van der Waals surface area contributed by atoms with Crippen molar-refractivity contribution in [2.24, 2.45) is 0 Å². The summed E-state index contributed by atoms with van der Waals surface area (Å²) in [4.78, 5) is 25.1. The molecule has 0 saturated carbocycles. The SMILES string of the molecule is Cc1ccc(-n2nccn2)c(C(=O)N2[C@@H]3CC[C@H]2[C@H](Nc2ncc(C(F)(F)F)cc2Cl)C3)n1. The maximum absolute atomic E-state index is 13.6. The number of hydrogen-bond acceptors (Lipinski definition) is 6. The third-order valence-corrected chi connectivity index (χ3v) is 6.40. The van der Waals surface area contributed by atoms with Crippen molar-refractivity contribution in [2.75, 3.05) is 5.32 Å². The van der Waals surface area contributed by atoms with Crippen LogP contribution in [-0.2, 0) is 6.18 Å². The number of amides is 1. The van der Waals surface area contributed by atoms with Crippen molar-refractivity contribution in [3.63, 3.8) is 0 Å². The number of aromatic nitrogens is 5. The molecule has 1 N–H and O–H groups in total. The van der Waals surface area contributed by atoms with Gasteiger partial charge in [0.2, 0.25) is 0 Å². The van der Waals surface area contributed by atoms with Gasteiger partial charge in [0.05, 0.1) is 29.0 Å². The molecule has 5 heterocycles. The number of nitrogens with zero attached hydrogens (tertiary/aromatic N) is 6. The highest BCUT2D eigenvalue weighted by Gasteiger charge is 2.49. The molecule has 8 nitrogen and oxygen atoms in total. The molecule has 3 aromatic heterocycles. The summed E-state index contributed by atoms with van der Waals surface area (Å²) < 4.78 is 38.7. The zero-order chi connectivity index (χ0) is 23.3. The first kappa shape index (κ1) is 21.6. The largest absolute Gasteiger partial charge is 0.417 e. The predicted octanol–water partition coefficient (Wildman–Crippen LogP) is 3.90. The van der Waals surface area contributed by atoms with Crippen LogP contribution in [0.1, 0.15) is 41.0 Å². The maximum Gasteiger partial charge on any atom is 0.417 e. The molecule has 2 aliphatic rings. The lowest BCUT2D eigenvalue weighted by Gasteiger charge is -2.26. The van der Waals surface area contributed by atoms with Gasteiger partial charge in [0.25, 0.3) is 5.91 Å². The van der Waals surface area contributed by atoms with Gasteiger partial charge in [-0.15, -0.1) is 4.80 Å². The van der Waals surface area contributed by atoms with Crippen LogP contribution >= 0.6 is 11.6 Å². The third-order valence-electron chi connectivity index (χ3n) is 6.11. The molecular formula is C21H19ClF3N7O. The molecule has 0 unspecified atom stereocenters. The van der Waals surface area contributed by atoms with Crippen molar-refractivity contribution in [2.45, 2.75) is 50.5 Å². The van der Waals surface area contributed by atoms with E-state index < -0.39 is 11.7 Å². The smallest absolute Gasteiger partial charge is 0.364 e. The van der Waals surface area contributed by atoms with Gasteiger partial charge >= 0.3 is 6.18 Å². The molecule has 0 aliphatic carbocycles. The first-order valence-corrected chi connectivity index (χ1v) is 10.8. The van der Waals surface area contributed by atoms with Gasteiger partial charge in [0.1, 0.15) is 11.5 Å². The summed E-state index contributed by atoms with van der Waals surface area (Å²) in [5, 5.41) is 11.3. The van der Waals surface area contributed by atoms with Crippen LogP contribution in [0, 0.1) is 6.92 Å². The third kappa shape index (κ3) is 3.90. The minimum Gasteiger partial charge on any atom is -0.364 e. The molecule has 2 aliphatic heterocycles. The number of rotatable bonds is 4. The van der Waals surface area contributed by atoms with E-state index in [0.717, 1.165) is 25.1 Å². The maximum atomic E-state index is 13.6. The van der Waals surface area contributed by atoms with Gasteiger partial charge in [-0.05, 0) is 44.4 Å². The van der Waals surface area contributed by atoms with Crippen molar-refractivity contribution in [3.05, 3.63) is 58.8 Å². The molecule has 2 fully saturated rings. The second kappa shape index (κ2) is 7.98. The van der Waals surface area contributed by atoms with Crippen LogP contribution in [0.3, 0.4) is 0 Å². The summed E-state index contributed by atoms with van der Waals surface area (Å²) in [5.41, 5.74) is 0.526. The second-order valence-corrected chi connectivity index (χ2v) is 8.60. The van der Waals surface area contributed by atoms with E-state index in [9.17, 15) is 18.0 Å². The normalized spacial score (nSPS) is 22.1. The van der Waals surface area contributed by atoms with Crippen molar-refractivity contribution in [1.82, 2.24) is 29.9 Å². The van der Waals surface area contributed by atoms with Crippen LogP contribution in [0.2, 0.25) is 5.02 Å². The van der Waals surface area contributed by atoms with E-state index in [1.165, 1.54) is 17.2 Å². The fourth-order valence-corrected chi connectivity index (χ4v) is 4.89. The Labute approximate surface area is 191 Å². The molecule has 1 amide bonds. The fourth-order valence-electron chi connectivity index (χ4n) is 4.67. The Hall–Kier alpha value is -3.21. The molecule has 3 atom stereocenters. The first-order chi connectivity index (χ1) is 15.7. The monoisotopic (exact) mass is 477 g/mol. The number of alkyl halides is 3. The number of anilines is 1. The van der Waals surface area contributed by atoms with Gasteiger partial charge in [-0.1, -0.05) is 11.6 Å².